The summed E-state index contributed by atoms with van der Waals surface area (Å²) in [6.07, 6.45) is 3.28. The van der Waals surface area contributed by atoms with Gasteiger partial charge in [0.25, 0.3) is 0 Å². The number of hydrogen-bond acceptors (Lipinski definition) is 2. The van der Waals surface area contributed by atoms with E-state index in [-0.39, 0.29) is 5.57 Å². The fraction of sp³-hybridized carbons (Fsp3) is 0.429. The molecule has 0 heterocycles. The van der Waals surface area contributed by atoms with Gasteiger partial charge in [-0.25, -0.2) is 4.79 Å². The fourth-order valence-electron chi connectivity index (χ4n) is 0.486. The van der Waals surface area contributed by atoms with Crippen molar-refractivity contribution in [3.63, 3.8) is 0 Å². The maximum atomic E-state index is 10.1. The number of aliphatic carboxylic acids is 1. The van der Waals surface area contributed by atoms with Crippen molar-refractivity contribution in [2.24, 2.45) is 0 Å². The zero-order chi connectivity index (χ0) is 7.98. The average molecular weight is 142 g/mol. The van der Waals surface area contributed by atoms with Crippen LogP contribution in [0.5, 0.6) is 0 Å². The quantitative estimate of drug-likeness (QED) is 0.275. The minimum Gasteiger partial charge on any atom is -0.478 e. The molecule has 0 amide bonds. The van der Waals surface area contributed by atoms with Gasteiger partial charge in [-0.1, -0.05) is 19.4 Å². The number of unbranched alkanes of at least 4 members (excludes halogenated alkanes) is 1. The molecule has 0 aromatic rings. The first-order valence-corrected chi connectivity index (χ1v) is 3.11. The first-order chi connectivity index (χ1) is 4.72. The Balaban J connectivity index is 4.04. The summed E-state index contributed by atoms with van der Waals surface area (Å²) >= 11 is 0. The minimum absolute atomic E-state index is 0.151. The Kier molecular flexibility index (Phi) is 4.20. The van der Waals surface area contributed by atoms with Crippen LogP contribution in [-0.4, -0.2) is 17.4 Å². The number of rotatable bonds is 4. The van der Waals surface area contributed by atoms with Crippen LogP contribution in [0.1, 0.15) is 19.8 Å². The van der Waals surface area contributed by atoms with Crippen molar-refractivity contribution < 1.29 is 14.7 Å². The van der Waals surface area contributed by atoms with Crippen LogP contribution in [0.25, 0.3) is 0 Å². The van der Waals surface area contributed by atoms with E-state index in [0.29, 0.717) is 12.7 Å². The van der Waals surface area contributed by atoms with Gasteiger partial charge in [0.2, 0.25) is 0 Å². The van der Waals surface area contributed by atoms with E-state index < -0.39 is 5.97 Å². The van der Waals surface area contributed by atoms with E-state index in [0.717, 1.165) is 6.42 Å². The van der Waals surface area contributed by atoms with E-state index >= 15 is 0 Å². The first kappa shape index (κ1) is 8.88. The normalized spacial score (nSPS) is 11.1. The van der Waals surface area contributed by atoms with Gasteiger partial charge >= 0.3 is 5.97 Å². The first-order valence-electron chi connectivity index (χ1n) is 3.11. The summed E-state index contributed by atoms with van der Waals surface area (Å²) in [5.74, 6) is -1.15. The molecule has 0 atom stereocenters. The molecule has 0 aliphatic rings. The molecule has 3 nitrogen and oxygen atoms in total. The summed E-state index contributed by atoms with van der Waals surface area (Å²) in [6, 6.07) is 0. The molecule has 3 heteroatoms. The van der Waals surface area contributed by atoms with Gasteiger partial charge in [-0.15, -0.1) is 0 Å². The van der Waals surface area contributed by atoms with E-state index in [1.54, 1.807) is 0 Å². The van der Waals surface area contributed by atoms with E-state index in [1.807, 2.05) is 6.92 Å². The smallest absolute Gasteiger partial charge is 0.338 e. The number of carboxylic acid groups (broad SMARTS) is 1. The third-order valence-electron chi connectivity index (χ3n) is 1.03. The van der Waals surface area contributed by atoms with Gasteiger partial charge in [-0.3, -0.25) is 4.79 Å². The Hall–Kier alpha value is -1.12. The van der Waals surface area contributed by atoms with Crippen LogP contribution in [0.4, 0.5) is 0 Å². The largest absolute Gasteiger partial charge is 0.478 e. The minimum atomic E-state index is -1.15. The maximum absolute atomic E-state index is 10.1. The highest BCUT2D eigenvalue weighted by atomic mass is 16.4. The highest BCUT2D eigenvalue weighted by molar-refractivity contribution is 6.06. The highest BCUT2D eigenvalue weighted by Crippen LogP contribution is 1.95. The predicted octanol–water partition coefficient (Wildman–Crippen LogP) is 0.996. The van der Waals surface area contributed by atoms with Gasteiger partial charge in [0, 0.05) is 0 Å². The molecule has 0 aromatic carbocycles. The Labute approximate surface area is 59.4 Å². The molecule has 0 saturated carbocycles. The van der Waals surface area contributed by atoms with Crippen LogP contribution in [0.15, 0.2) is 11.6 Å². The van der Waals surface area contributed by atoms with Crippen LogP contribution >= 0.6 is 0 Å². The SMILES string of the molecule is CCCC=C(C=O)C(=O)O. The zero-order valence-electron chi connectivity index (χ0n) is 5.83. The number of aldehydes is 1. The van der Waals surface area contributed by atoms with Crippen molar-refractivity contribution in [2.45, 2.75) is 19.8 Å². The third kappa shape index (κ3) is 3.02. The Morgan fingerprint density at radius 3 is 2.50 bits per heavy atom. The van der Waals surface area contributed by atoms with Crippen LogP contribution in [0.2, 0.25) is 0 Å². The number of carbonyl (C=O) groups excluding carboxylic acids is 1. The molecular weight excluding hydrogens is 132 g/mol. The van der Waals surface area contributed by atoms with Gasteiger partial charge in [0.15, 0.2) is 6.29 Å². The van der Waals surface area contributed by atoms with Gasteiger partial charge in [-0.2, -0.15) is 0 Å². The monoisotopic (exact) mass is 142 g/mol. The van der Waals surface area contributed by atoms with Gasteiger partial charge in [-0.05, 0) is 6.42 Å². The lowest BCUT2D eigenvalue weighted by molar-refractivity contribution is -0.133. The van der Waals surface area contributed by atoms with Gasteiger partial charge in [0.05, 0.1) is 5.57 Å². The van der Waals surface area contributed by atoms with E-state index in [1.165, 1.54) is 6.08 Å². The molecule has 0 rings (SSSR count). The van der Waals surface area contributed by atoms with Crippen molar-refractivity contribution in [1.29, 1.82) is 0 Å². The lowest BCUT2D eigenvalue weighted by Gasteiger charge is -1.88. The van der Waals surface area contributed by atoms with Crippen LogP contribution < -0.4 is 0 Å². The Morgan fingerprint density at radius 1 is 1.60 bits per heavy atom. The van der Waals surface area contributed by atoms with Crippen molar-refractivity contribution in [3.8, 4) is 0 Å². The predicted molar refractivity (Wildman–Crippen MR) is 36.7 cm³/mol. The molecule has 0 fully saturated rings. The molecule has 0 spiro atoms. The zero-order valence-corrected chi connectivity index (χ0v) is 5.83. The molecule has 10 heavy (non-hydrogen) atoms. The number of carboxylic acids is 1. The summed E-state index contributed by atoms with van der Waals surface area (Å²) < 4.78 is 0. The van der Waals surface area contributed by atoms with Crippen molar-refractivity contribution in [2.75, 3.05) is 0 Å². The lowest BCUT2D eigenvalue weighted by atomic mass is 10.2. The molecule has 0 aliphatic carbocycles. The standard InChI is InChI=1S/C7H10O3/c1-2-3-4-6(5-8)7(9)10/h4-5H,2-3H2,1H3,(H,9,10). The number of carbonyl (C=O) groups is 2. The summed E-state index contributed by atoms with van der Waals surface area (Å²) in [5.41, 5.74) is -0.151. The summed E-state index contributed by atoms with van der Waals surface area (Å²) in [7, 11) is 0. The summed E-state index contributed by atoms with van der Waals surface area (Å²) in [6.45, 7) is 1.92. The molecule has 0 saturated heterocycles. The molecule has 0 radical (unpaired) electrons. The fourth-order valence-corrected chi connectivity index (χ4v) is 0.486. The second-order valence-corrected chi connectivity index (χ2v) is 1.87. The average Bonchev–Trinajstić information content (AvgIpc) is 1.89. The maximum Gasteiger partial charge on any atom is 0.338 e. The molecule has 56 valence electrons. The molecule has 1 N–H and O–H groups in total. The van der Waals surface area contributed by atoms with Crippen LogP contribution in [-0.2, 0) is 9.59 Å². The van der Waals surface area contributed by atoms with Gasteiger partial charge in [0.1, 0.15) is 0 Å². The van der Waals surface area contributed by atoms with Gasteiger partial charge < -0.3 is 5.11 Å². The second kappa shape index (κ2) is 4.73. The summed E-state index contributed by atoms with van der Waals surface area (Å²) in [4.78, 5) is 20.1. The van der Waals surface area contributed by atoms with E-state index in [4.69, 9.17) is 5.11 Å². The molecule has 0 unspecified atom stereocenters. The summed E-state index contributed by atoms with van der Waals surface area (Å²) in [5, 5.41) is 8.30. The third-order valence-corrected chi connectivity index (χ3v) is 1.03. The molecular formula is C7H10O3. The molecule has 0 aromatic heterocycles. The second-order valence-electron chi connectivity index (χ2n) is 1.87. The highest BCUT2D eigenvalue weighted by Gasteiger charge is 2.02. The Bertz CT molecular complexity index is 158. The van der Waals surface area contributed by atoms with Crippen LogP contribution in [0.3, 0.4) is 0 Å². The number of allylic oxidation sites excluding steroid dienone is 1. The topological polar surface area (TPSA) is 54.4 Å². The van der Waals surface area contributed by atoms with Crippen molar-refractivity contribution in [3.05, 3.63) is 11.6 Å². The lowest BCUT2D eigenvalue weighted by Crippen LogP contribution is -2.00. The molecule has 0 aliphatic heterocycles. The van der Waals surface area contributed by atoms with Crippen molar-refractivity contribution >= 4 is 12.3 Å². The van der Waals surface area contributed by atoms with E-state index in [2.05, 4.69) is 0 Å². The van der Waals surface area contributed by atoms with Crippen molar-refractivity contribution in [1.82, 2.24) is 0 Å². The number of hydrogen-bond donors (Lipinski definition) is 1. The Morgan fingerprint density at radius 2 is 2.20 bits per heavy atom. The van der Waals surface area contributed by atoms with E-state index in [9.17, 15) is 9.59 Å². The van der Waals surface area contributed by atoms with Crippen LogP contribution in [0, 0.1) is 0 Å². The molecule has 0 bridgehead atoms.